The lowest BCUT2D eigenvalue weighted by atomic mass is 10.0. The molecular formula is C21H20FN3O3. The number of nitrogens with zero attached hydrogens (tertiary/aromatic N) is 2. The Hall–Kier alpha value is -3.35. The van der Waals surface area contributed by atoms with Gasteiger partial charge in [0.2, 0.25) is 0 Å². The van der Waals surface area contributed by atoms with Gasteiger partial charge < -0.3 is 14.8 Å². The van der Waals surface area contributed by atoms with Crippen molar-refractivity contribution >= 4 is 6.09 Å². The molecule has 2 aromatic carbocycles. The zero-order valence-electron chi connectivity index (χ0n) is 15.4. The molecule has 0 spiro atoms. The summed E-state index contributed by atoms with van der Waals surface area (Å²) in [6.07, 6.45) is 3.24. The van der Waals surface area contributed by atoms with Crippen molar-refractivity contribution in [2.45, 2.75) is 19.4 Å². The number of amides is 1. The number of nitrogens with one attached hydrogen (secondary N) is 1. The van der Waals surface area contributed by atoms with Crippen molar-refractivity contribution in [2.75, 3.05) is 13.7 Å². The monoisotopic (exact) mass is 381 g/mol. The van der Waals surface area contributed by atoms with Gasteiger partial charge in [0.1, 0.15) is 11.6 Å². The van der Waals surface area contributed by atoms with Gasteiger partial charge in [-0.3, -0.25) is 0 Å². The summed E-state index contributed by atoms with van der Waals surface area (Å²) in [5, 5.41) is 7.11. The number of hydrogen-bond donors (Lipinski definition) is 1. The van der Waals surface area contributed by atoms with Crippen LogP contribution in [0.1, 0.15) is 17.5 Å². The predicted octanol–water partition coefficient (Wildman–Crippen LogP) is 3.86. The molecule has 1 N–H and O–H groups in total. The van der Waals surface area contributed by atoms with Gasteiger partial charge in [-0.15, -0.1) is 0 Å². The molecule has 1 aliphatic rings. The molecule has 0 bridgehead atoms. The van der Waals surface area contributed by atoms with Gasteiger partial charge in [0, 0.05) is 23.9 Å². The second kappa shape index (κ2) is 7.72. The van der Waals surface area contributed by atoms with Crippen LogP contribution in [0.4, 0.5) is 9.18 Å². The molecule has 7 heteroatoms. The molecule has 0 saturated carbocycles. The minimum absolute atomic E-state index is 0.0330. The summed E-state index contributed by atoms with van der Waals surface area (Å²) in [7, 11) is 1.26. The van der Waals surface area contributed by atoms with E-state index < -0.39 is 11.9 Å². The van der Waals surface area contributed by atoms with E-state index in [9.17, 15) is 9.18 Å². The largest absolute Gasteiger partial charge is 0.493 e. The van der Waals surface area contributed by atoms with Crippen molar-refractivity contribution in [3.63, 3.8) is 0 Å². The summed E-state index contributed by atoms with van der Waals surface area (Å²) < 4.78 is 25.9. The predicted molar refractivity (Wildman–Crippen MR) is 102 cm³/mol. The standard InChI is InChI=1S/C21H20FN3O3/c1-27-21(26)23-13-16-12-17(5-6-18(16)22)25-9-8-19(24-25)14-4-7-20-15(11-14)3-2-10-28-20/h4-9,11-12H,2-3,10,13H2,1H3,(H,23,26). The van der Waals surface area contributed by atoms with Gasteiger partial charge >= 0.3 is 6.09 Å². The molecule has 144 valence electrons. The topological polar surface area (TPSA) is 65.4 Å². The van der Waals surface area contributed by atoms with Gasteiger partial charge in [-0.25, -0.2) is 13.9 Å². The summed E-state index contributed by atoms with van der Waals surface area (Å²) >= 11 is 0. The second-order valence-electron chi connectivity index (χ2n) is 6.54. The van der Waals surface area contributed by atoms with Crippen molar-refractivity contribution < 1.29 is 18.7 Å². The number of carbonyl (C=O) groups excluding carboxylic acids is 1. The Labute approximate surface area is 161 Å². The summed E-state index contributed by atoms with van der Waals surface area (Å²) in [4.78, 5) is 11.2. The van der Waals surface area contributed by atoms with Crippen LogP contribution in [0.3, 0.4) is 0 Å². The van der Waals surface area contributed by atoms with Crippen LogP contribution in [0.5, 0.6) is 5.75 Å². The van der Waals surface area contributed by atoms with Crippen LogP contribution in [0, 0.1) is 5.82 Å². The number of alkyl carbamates (subject to hydrolysis) is 1. The first-order chi connectivity index (χ1) is 13.6. The van der Waals surface area contributed by atoms with E-state index in [1.807, 2.05) is 24.4 Å². The van der Waals surface area contributed by atoms with Crippen LogP contribution in [-0.4, -0.2) is 29.6 Å². The van der Waals surface area contributed by atoms with Crippen LogP contribution in [-0.2, 0) is 17.7 Å². The quantitative estimate of drug-likeness (QED) is 0.745. The van der Waals surface area contributed by atoms with Crippen molar-refractivity contribution in [2.24, 2.45) is 0 Å². The summed E-state index contributed by atoms with van der Waals surface area (Å²) in [6.45, 7) is 0.796. The van der Waals surface area contributed by atoms with Crippen LogP contribution >= 0.6 is 0 Å². The summed E-state index contributed by atoms with van der Waals surface area (Å²) in [5.41, 5.74) is 4.09. The van der Waals surface area contributed by atoms with E-state index in [0.717, 1.165) is 36.5 Å². The normalized spacial score (nSPS) is 12.8. The molecule has 1 aromatic heterocycles. The molecule has 2 heterocycles. The van der Waals surface area contributed by atoms with Crippen LogP contribution < -0.4 is 10.1 Å². The first-order valence-corrected chi connectivity index (χ1v) is 9.06. The number of rotatable bonds is 4. The lowest BCUT2D eigenvalue weighted by Gasteiger charge is -2.17. The van der Waals surface area contributed by atoms with Gasteiger partial charge in [-0.1, -0.05) is 0 Å². The number of ether oxygens (including phenoxy) is 2. The van der Waals surface area contributed by atoms with Crippen molar-refractivity contribution in [1.82, 2.24) is 15.1 Å². The smallest absolute Gasteiger partial charge is 0.407 e. The number of methoxy groups -OCH3 is 1. The Morgan fingerprint density at radius 1 is 1.29 bits per heavy atom. The van der Waals surface area contributed by atoms with Gasteiger partial charge in [0.25, 0.3) is 0 Å². The Morgan fingerprint density at radius 2 is 2.18 bits per heavy atom. The molecule has 0 saturated heterocycles. The molecule has 4 rings (SSSR count). The highest BCUT2D eigenvalue weighted by molar-refractivity contribution is 5.67. The van der Waals surface area contributed by atoms with Crippen LogP contribution in [0.15, 0.2) is 48.7 Å². The second-order valence-corrected chi connectivity index (χ2v) is 6.54. The Bertz CT molecular complexity index is 1020. The molecule has 1 aliphatic heterocycles. The molecule has 0 radical (unpaired) electrons. The minimum Gasteiger partial charge on any atom is -0.493 e. The maximum atomic E-state index is 14.0. The zero-order chi connectivity index (χ0) is 19.5. The average Bonchev–Trinajstić information content (AvgIpc) is 3.23. The number of carbonyl (C=O) groups is 1. The highest BCUT2D eigenvalue weighted by Crippen LogP contribution is 2.29. The van der Waals surface area contributed by atoms with Crippen molar-refractivity contribution in [3.05, 3.63) is 65.6 Å². The van der Waals surface area contributed by atoms with Gasteiger partial charge in [0.05, 0.1) is 25.1 Å². The molecule has 28 heavy (non-hydrogen) atoms. The fourth-order valence-electron chi connectivity index (χ4n) is 3.22. The molecule has 6 nitrogen and oxygen atoms in total. The van der Waals surface area contributed by atoms with E-state index in [-0.39, 0.29) is 6.54 Å². The van der Waals surface area contributed by atoms with Gasteiger partial charge in [-0.05, 0) is 60.9 Å². The van der Waals surface area contributed by atoms with Gasteiger partial charge in [-0.2, -0.15) is 5.10 Å². The maximum Gasteiger partial charge on any atom is 0.407 e. The van der Waals surface area contributed by atoms with Crippen LogP contribution in [0.25, 0.3) is 16.9 Å². The molecule has 1 amide bonds. The molecule has 0 fully saturated rings. The lowest BCUT2D eigenvalue weighted by molar-refractivity contribution is 0.170. The maximum absolute atomic E-state index is 14.0. The molecule has 3 aromatic rings. The minimum atomic E-state index is -0.609. The van der Waals surface area contributed by atoms with Gasteiger partial charge in [0.15, 0.2) is 0 Å². The van der Waals surface area contributed by atoms with E-state index in [1.165, 1.54) is 18.7 Å². The fourth-order valence-corrected chi connectivity index (χ4v) is 3.22. The Kier molecular flexibility index (Phi) is 4.97. The van der Waals surface area contributed by atoms with E-state index >= 15 is 0 Å². The van der Waals surface area contributed by atoms with E-state index in [1.54, 1.807) is 16.8 Å². The van der Waals surface area contributed by atoms with E-state index in [4.69, 9.17) is 4.74 Å². The van der Waals surface area contributed by atoms with Crippen molar-refractivity contribution in [3.8, 4) is 22.7 Å². The average molecular weight is 381 g/mol. The molecule has 0 atom stereocenters. The number of aryl methyl sites for hydroxylation is 1. The highest BCUT2D eigenvalue weighted by Gasteiger charge is 2.13. The third-order valence-electron chi connectivity index (χ3n) is 4.70. The summed E-state index contributed by atoms with van der Waals surface area (Å²) in [5.74, 6) is 0.540. The van der Waals surface area contributed by atoms with E-state index in [2.05, 4.69) is 21.2 Å². The number of aromatic nitrogens is 2. The van der Waals surface area contributed by atoms with Crippen LogP contribution in [0.2, 0.25) is 0 Å². The first kappa shape index (κ1) is 18.0. The summed E-state index contributed by atoms with van der Waals surface area (Å²) in [6, 6.07) is 12.7. The Balaban J connectivity index is 1.58. The number of hydrogen-bond acceptors (Lipinski definition) is 4. The SMILES string of the molecule is COC(=O)NCc1cc(-n2ccc(-c3ccc4c(c3)CCCO4)n2)ccc1F. The number of halogens is 1. The molecule has 0 unspecified atom stereocenters. The third-order valence-corrected chi connectivity index (χ3v) is 4.70. The first-order valence-electron chi connectivity index (χ1n) is 9.06. The van der Waals surface area contributed by atoms with Crippen molar-refractivity contribution in [1.29, 1.82) is 0 Å². The number of fused-ring (bicyclic) bond motifs is 1. The number of benzene rings is 2. The lowest BCUT2D eigenvalue weighted by Crippen LogP contribution is -2.23. The molecular weight excluding hydrogens is 361 g/mol. The third kappa shape index (κ3) is 3.69. The Morgan fingerprint density at radius 3 is 3.04 bits per heavy atom. The fraction of sp³-hybridized carbons (Fsp3) is 0.238. The highest BCUT2D eigenvalue weighted by atomic mass is 19.1. The molecule has 0 aliphatic carbocycles. The zero-order valence-corrected chi connectivity index (χ0v) is 15.4. The van der Waals surface area contributed by atoms with E-state index in [0.29, 0.717) is 11.3 Å².